The molecule has 0 radical (unpaired) electrons. The second-order valence-corrected chi connectivity index (χ2v) is 5.91. The van der Waals surface area contributed by atoms with E-state index in [1.54, 1.807) is 0 Å². The molecular weight excluding hydrogens is 228 g/mol. The SMILES string of the molecule is CN(C)CCN1CCN(CC2COCC2N)CC1. The lowest BCUT2D eigenvalue weighted by atomic mass is 10.0. The first-order valence-electron chi connectivity index (χ1n) is 7.08. The summed E-state index contributed by atoms with van der Waals surface area (Å²) in [6.45, 7) is 9.78. The summed E-state index contributed by atoms with van der Waals surface area (Å²) >= 11 is 0. The molecule has 2 rings (SSSR count). The molecule has 0 bridgehead atoms. The monoisotopic (exact) mass is 256 g/mol. The van der Waals surface area contributed by atoms with Crippen LogP contribution in [0, 0.1) is 5.92 Å². The molecule has 5 nitrogen and oxygen atoms in total. The molecule has 18 heavy (non-hydrogen) atoms. The van der Waals surface area contributed by atoms with E-state index in [1.165, 1.54) is 32.7 Å². The molecule has 2 aliphatic heterocycles. The maximum absolute atomic E-state index is 6.04. The fourth-order valence-electron chi connectivity index (χ4n) is 2.67. The molecule has 2 unspecified atom stereocenters. The lowest BCUT2D eigenvalue weighted by molar-refractivity contribution is 0.105. The van der Waals surface area contributed by atoms with Crippen molar-refractivity contribution in [1.29, 1.82) is 0 Å². The van der Waals surface area contributed by atoms with Crippen molar-refractivity contribution in [2.24, 2.45) is 11.7 Å². The predicted molar refractivity (Wildman–Crippen MR) is 73.7 cm³/mol. The minimum atomic E-state index is 0.247. The van der Waals surface area contributed by atoms with E-state index in [2.05, 4.69) is 28.8 Å². The van der Waals surface area contributed by atoms with Gasteiger partial charge in [-0.05, 0) is 14.1 Å². The van der Waals surface area contributed by atoms with Gasteiger partial charge in [0.15, 0.2) is 0 Å². The summed E-state index contributed by atoms with van der Waals surface area (Å²) in [6.07, 6.45) is 0. The maximum atomic E-state index is 6.04. The van der Waals surface area contributed by atoms with Crippen molar-refractivity contribution in [2.75, 3.05) is 73.1 Å². The molecule has 0 aromatic carbocycles. The normalized spacial score (nSPS) is 31.3. The Hall–Kier alpha value is -0.200. The van der Waals surface area contributed by atoms with Gasteiger partial charge in [0.2, 0.25) is 0 Å². The predicted octanol–water partition coefficient (Wildman–Crippen LogP) is -0.861. The largest absolute Gasteiger partial charge is 0.379 e. The van der Waals surface area contributed by atoms with Crippen molar-refractivity contribution in [1.82, 2.24) is 14.7 Å². The minimum absolute atomic E-state index is 0.247. The van der Waals surface area contributed by atoms with E-state index in [1.807, 2.05) is 0 Å². The number of piperazine rings is 1. The van der Waals surface area contributed by atoms with Gasteiger partial charge in [-0.3, -0.25) is 4.90 Å². The maximum Gasteiger partial charge on any atom is 0.0621 e. The Morgan fingerprint density at radius 2 is 1.78 bits per heavy atom. The van der Waals surface area contributed by atoms with E-state index in [-0.39, 0.29) is 6.04 Å². The van der Waals surface area contributed by atoms with Gasteiger partial charge in [-0.1, -0.05) is 0 Å². The highest BCUT2D eigenvalue weighted by molar-refractivity contribution is 4.82. The molecule has 106 valence electrons. The molecule has 5 heteroatoms. The Balaban J connectivity index is 1.64. The number of hydrogen-bond donors (Lipinski definition) is 1. The summed E-state index contributed by atoms with van der Waals surface area (Å²) in [7, 11) is 4.27. The number of nitrogens with two attached hydrogens (primary N) is 1. The van der Waals surface area contributed by atoms with Crippen LogP contribution in [0.15, 0.2) is 0 Å². The molecule has 0 aromatic heterocycles. The Kier molecular flexibility index (Phi) is 5.38. The second-order valence-electron chi connectivity index (χ2n) is 5.91. The highest BCUT2D eigenvalue weighted by Crippen LogP contribution is 2.14. The quantitative estimate of drug-likeness (QED) is 0.693. The topological polar surface area (TPSA) is 45.0 Å². The van der Waals surface area contributed by atoms with E-state index >= 15 is 0 Å². The summed E-state index contributed by atoms with van der Waals surface area (Å²) < 4.78 is 5.43. The molecule has 0 aromatic rings. The fourth-order valence-corrected chi connectivity index (χ4v) is 2.67. The molecule has 2 N–H and O–H groups in total. The molecular formula is C13H28N4O. The van der Waals surface area contributed by atoms with Gasteiger partial charge in [0.05, 0.1) is 13.2 Å². The Morgan fingerprint density at radius 1 is 1.11 bits per heavy atom. The number of hydrogen-bond acceptors (Lipinski definition) is 5. The zero-order valence-electron chi connectivity index (χ0n) is 11.8. The number of rotatable bonds is 5. The van der Waals surface area contributed by atoms with Gasteiger partial charge in [0, 0.05) is 57.8 Å². The van der Waals surface area contributed by atoms with Crippen molar-refractivity contribution in [3.63, 3.8) is 0 Å². The van der Waals surface area contributed by atoms with Crippen LogP contribution in [0.2, 0.25) is 0 Å². The zero-order valence-corrected chi connectivity index (χ0v) is 11.8. The Labute approximate surface area is 111 Å². The Bertz CT molecular complexity index is 241. The first kappa shape index (κ1) is 14.2. The third-order valence-electron chi connectivity index (χ3n) is 4.07. The standard InChI is InChI=1S/C13H28N4O/c1-15(2)3-4-16-5-7-17(8-6-16)9-12-10-18-11-13(12)14/h12-13H,3-11,14H2,1-2H3. The summed E-state index contributed by atoms with van der Waals surface area (Å²) in [6, 6.07) is 0.247. The molecule has 0 amide bonds. The van der Waals surface area contributed by atoms with Crippen LogP contribution >= 0.6 is 0 Å². The fraction of sp³-hybridized carbons (Fsp3) is 1.00. The summed E-state index contributed by atoms with van der Waals surface area (Å²) in [4.78, 5) is 7.36. The summed E-state index contributed by atoms with van der Waals surface area (Å²) in [5.41, 5.74) is 6.04. The highest BCUT2D eigenvalue weighted by atomic mass is 16.5. The molecule has 2 fully saturated rings. The van der Waals surface area contributed by atoms with E-state index in [0.717, 1.165) is 26.3 Å². The van der Waals surface area contributed by atoms with Gasteiger partial charge >= 0.3 is 0 Å². The minimum Gasteiger partial charge on any atom is -0.379 e. The second kappa shape index (κ2) is 6.82. The van der Waals surface area contributed by atoms with Gasteiger partial charge in [0.25, 0.3) is 0 Å². The molecule has 2 atom stereocenters. The van der Waals surface area contributed by atoms with Gasteiger partial charge in [-0.15, -0.1) is 0 Å². The van der Waals surface area contributed by atoms with E-state index < -0.39 is 0 Å². The first-order valence-corrected chi connectivity index (χ1v) is 7.08. The van der Waals surface area contributed by atoms with E-state index in [0.29, 0.717) is 5.92 Å². The summed E-state index contributed by atoms with van der Waals surface area (Å²) in [5.74, 6) is 0.540. The first-order chi connectivity index (χ1) is 8.65. The molecule has 0 spiro atoms. The lowest BCUT2D eigenvalue weighted by Gasteiger charge is -2.36. The van der Waals surface area contributed by atoms with Crippen molar-refractivity contribution in [3.8, 4) is 0 Å². The van der Waals surface area contributed by atoms with Crippen LogP contribution in [0.25, 0.3) is 0 Å². The number of likely N-dealkylation sites (N-methyl/N-ethyl adjacent to an activating group) is 1. The van der Waals surface area contributed by atoms with Crippen LogP contribution in [0.4, 0.5) is 0 Å². The number of ether oxygens (including phenoxy) is 1. The third-order valence-corrected chi connectivity index (χ3v) is 4.07. The van der Waals surface area contributed by atoms with Crippen LogP contribution in [0.3, 0.4) is 0 Å². The molecule has 0 aliphatic carbocycles. The van der Waals surface area contributed by atoms with Gasteiger partial charge in [-0.2, -0.15) is 0 Å². The van der Waals surface area contributed by atoms with Crippen molar-refractivity contribution >= 4 is 0 Å². The summed E-state index contributed by atoms with van der Waals surface area (Å²) in [5, 5.41) is 0. The van der Waals surface area contributed by atoms with Crippen LogP contribution in [0.1, 0.15) is 0 Å². The van der Waals surface area contributed by atoms with Crippen LogP contribution in [0.5, 0.6) is 0 Å². The van der Waals surface area contributed by atoms with Gasteiger partial charge in [0.1, 0.15) is 0 Å². The number of nitrogens with zero attached hydrogens (tertiary/aromatic N) is 3. The zero-order chi connectivity index (χ0) is 13.0. The Morgan fingerprint density at radius 3 is 2.33 bits per heavy atom. The van der Waals surface area contributed by atoms with Gasteiger partial charge in [-0.25, -0.2) is 0 Å². The van der Waals surface area contributed by atoms with Crippen molar-refractivity contribution in [3.05, 3.63) is 0 Å². The molecule has 2 saturated heterocycles. The van der Waals surface area contributed by atoms with Gasteiger partial charge < -0.3 is 20.3 Å². The van der Waals surface area contributed by atoms with Crippen LogP contribution in [-0.2, 0) is 4.74 Å². The smallest absolute Gasteiger partial charge is 0.0621 e. The van der Waals surface area contributed by atoms with Crippen LogP contribution < -0.4 is 5.73 Å². The van der Waals surface area contributed by atoms with Crippen molar-refractivity contribution < 1.29 is 4.74 Å². The highest BCUT2D eigenvalue weighted by Gasteiger charge is 2.28. The molecule has 2 aliphatic rings. The van der Waals surface area contributed by atoms with Crippen LogP contribution in [-0.4, -0.2) is 93.9 Å². The average molecular weight is 256 g/mol. The van der Waals surface area contributed by atoms with E-state index in [9.17, 15) is 0 Å². The average Bonchev–Trinajstić information content (AvgIpc) is 2.74. The third kappa shape index (κ3) is 4.17. The molecule has 0 saturated carbocycles. The van der Waals surface area contributed by atoms with E-state index in [4.69, 9.17) is 10.5 Å². The molecule has 2 heterocycles. The lowest BCUT2D eigenvalue weighted by Crippen LogP contribution is -2.50. The van der Waals surface area contributed by atoms with Crippen molar-refractivity contribution in [2.45, 2.75) is 6.04 Å².